The van der Waals surface area contributed by atoms with E-state index < -0.39 is 40.6 Å². The van der Waals surface area contributed by atoms with Crippen LogP contribution in [0.1, 0.15) is 28.8 Å². The van der Waals surface area contributed by atoms with Gasteiger partial charge in [0.25, 0.3) is 0 Å². The highest BCUT2D eigenvalue weighted by Crippen LogP contribution is 2.47. The molecule has 0 N–H and O–H groups in total. The van der Waals surface area contributed by atoms with E-state index in [-0.39, 0.29) is 11.3 Å². The van der Waals surface area contributed by atoms with Crippen LogP contribution in [0.3, 0.4) is 0 Å². The molecule has 1 aliphatic heterocycles. The fraction of sp³-hybridized carbons (Fsp3) is 0.250. The van der Waals surface area contributed by atoms with Gasteiger partial charge in [0.2, 0.25) is 23.8 Å². The van der Waals surface area contributed by atoms with Crippen LogP contribution in [-0.4, -0.2) is 41.8 Å². The second kappa shape index (κ2) is 7.63. The molecule has 2 atom stereocenters. The Bertz CT molecular complexity index is 1010. The molecule has 29 heavy (non-hydrogen) atoms. The Morgan fingerprint density at radius 3 is 2.38 bits per heavy atom. The molecule has 1 amide bonds. The fourth-order valence-corrected chi connectivity index (χ4v) is 4.02. The lowest BCUT2D eigenvalue weighted by atomic mass is 9.75. The van der Waals surface area contributed by atoms with Gasteiger partial charge >= 0.3 is 5.97 Å². The van der Waals surface area contributed by atoms with E-state index in [0.717, 1.165) is 12.0 Å². The van der Waals surface area contributed by atoms with Crippen molar-refractivity contribution in [2.75, 3.05) is 18.6 Å². The van der Waals surface area contributed by atoms with Gasteiger partial charge in [0.1, 0.15) is 0 Å². The van der Waals surface area contributed by atoms with E-state index >= 15 is 0 Å². The maximum atomic E-state index is 13.6. The lowest BCUT2D eigenvalue weighted by molar-refractivity contribution is -0.484. The molecule has 0 aliphatic carbocycles. The van der Waals surface area contributed by atoms with Crippen LogP contribution in [0.5, 0.6) is 0 Å². The van der Waals surface area contributed by atoms with Gasteiger partial charge < -0.3 is 4.74 Å². The first kappa shape index (κ1) is 20.5. The number of carbonyl (C=O) groups is 3. The molecular formula is C20H17ClN2O6. The van der Waals surface area contributed by atoms with Gasteiger partial charge in [0, 0.05) is 22.4 Å². The number of amides is 1. The van der Waals surface area contributed by atoms with Gasteiger partial charge in [0.15, 0.2) is 0 Å². The van der Waals surface area contributed by atoms with E-state index in [1.54, 1.807) is 12.1 Å². The minimum atomic E-state index is -2.24. The highest BCUT2D eigenvalue weighted by Gasteiger charge is 2.65. The number of methoxy groups -OCH3 is 1. The number of ketones is 1. The van der Waals surface area contributed by atoms with E-state index in [9.17, 15) is 24.5 Å². The molecule has 0 saturated heterocycles. The SMILES string of the molecule is COC(=O)[C@]1([C@H](C[N+](=O)[O-])c2ccc(Cl)cc2)C(=O)c2ccccc2N1C(C)=O. The molecule has 0 radical (unpaired) electrons. The number of hydrogen-bond donors (Lipinski definition) is 0. The van der Waals surface area contributed by atoms with Gasteiger partial charge in [-0.2, -0.15) is 0 Å². The van der Waals surface area contributed by atoms with Crippen LogP contribution in [0.15, 0.2) is 48.5 Å². The summed E-state index contributed by atoms with van der Waals surface area (Å²) in [6, 6.07) is 12.2. The molecule has 0 unspecified atom stereocenters. The van der Waals surface area contributed by atoms with Crippen molar-refractivity contribution >= 4 is 34.9 Å². The Morgan fingerprint density at radius 1 is 1.21 bits per heavy atom. The first-order chi connectivity index (χ1) is 13.7. The topological polar surface area (TPSA) is 107 Å². The van der Waals surface area contributed by atoms with E-state index in [1.807, 2.05) is 0 Å². The third-order valence-corrected chi connectivity index (χ3v) is 5.26. The van der Waals surface area contributed by atoms with Crippen LogP contribution < -0.4 is 4.90 Å². The van der Waals surface area contributed by atoms with Gasteiger partial charge in [-0.25, -0.2) is 4.79 Å². The summed E-state index contributed by atoms with van der Waals surface area (Å²) in [5.74, 6) is -3.69. The largest absolute Gasteiger partial charge is 0.467 e. The van der Waals surface area contributed by atoms with Crippen LogP contribution >= 0.6 is 11.6 Å². The van der Waals surface area contributed by atoms with E-state index in [2.05, 4.69) is 0 Å². The van der Waals surface area contributed by atoms with Gasteiger partial charge in [0.05, 0.1) is 18.7 Å². The van der Waals surface area contributed by atoms with Gasteiger partial charge in [-0.15, -0.1) is 0 Å². The van der Waals surface area contributed by atoms with Crippen molar-refractivity contribution in [3.63, 3.8) is 0 Å². The average molecular weight is 417 g/mol. The number of rotatable bonds is 5. The van der Waals surface area contributed by atoms with Crippen LogP contribution in [0, 0.1) is 10.1 Å². The van der Waals surface area contributed by atoms with Crippen LogP contribution in [0.25, 0.3) is 0 Å². The van der Waals surface area contributed by atoms with Gasteiger partial charge in [-0.3, -0.25) is 24.6 Å². The first-order valence-corrected chi connectivity index (χ1v) is 9.03. The van der Waals surface area contributed by atoms with Crippen LogP contribution in [-0.2, 0) is 14.3 Å². The van der Waals surface area contributed by atoms with Crippen molar-refractivity contribution in [3.05, 3.63) is 74.8 Å². The third kappa shape index (κ3) is 3.15. The van der Waals surface area contributed by atoms with Gasteiger partial charge in [-0.1, -0.05) is 35.9 Å². The lowest BCUT2D eigenvalue weighted by Gasteiger charge is -2.38. The molecule has 0 fully saturated rings. The van der Waals surface area contributed by atoms with Crippen molar-refractivity contribution in [3.8, 4) is 0 Å². The summed E-state index contributed by atoms with van der Waals surface area (Å²) < 4.78 is 4.92. The van der Waals surface area contributed by atoms with Gasteiger partial charge in [-0.05, 0) is 29.8 Å². The second-order valence-corrected chi connectivity index (χ2v) is 7.01. The number of fused-ring (bicyclic) bond motifs is 1. The number of para-hydroxylation sites is 1. The Balaban J connectivity index is 2.36. The summed E-state index contributed by atoms with van der Waals surface area (Å²) in [5.41, 5.74) is -1.61. The Labute approximate surface area is 171 Å². The average Bonchev–Trinajstić information content (AvgIpc) is 2.96. The lowest BCUT2D eigenvalue weighted by Crippen LogP contribution is -2.63. The summed E-state index contributed by atoms with van der Waals surface area (Å²) in [6.07, 6.45) is 0. The van der Waals surface area contributed by atoms with Crippen molar-refractivity contribution in [2.45, 2.75) is 18.4 Å². The van der Waals surface area contributed by atoms with Crippen molar-refractivity contribution in [1.82, 2.24) is 0 Å². The molecule has 150 valence electrons. The maximum Gasteiger partial charge on any atom is 0.341 e. The summed E-state index contributed by atoms with van der Waals surface area (Å²) >= 11 is 5.93. The first-order valence-electron chi connectivity index (χ1n) is 8.65. The predicted molar refractivity (Wildman–Crippen MR) is 105 cm³/mol. The van der Waals surface area contributed by atoms with Crippen molar-refractivity contribution in [1.29, 1.82) is 0 Å². The highest BCUT2D eigenvalue weighted by molar-refractivity contribution is 6.31. The maximum absolute atomic E-state index is 13.6. The Morgan fingerprint density at radius 2 is 1.83 bits per heavy atom. The van der Waals surface area contributed by atoms with Crippen molar-refractivity contribution in [2.24, 2.45) is 0 Å². The molecule has 3 rings (SSSR count). The number of hydrogen-bond acceptors (Lipinski definition) is 6. The molecule has 9 heteroatoms. The number of esters is 1. The molecule has 0 bridgehead atoms. The molecule has 0 saturated carbocycles. The summed E-state index contributed by atoms with van der Waals surface area (Å²) in [5, 5.41) is 11.9. The second-order valence-electron chi connectivity index (χ2n) is 6.58. The van der Waals surface area contributed by atoms with Crippen LogP contribution in [0.4, 0.5) is 5.69 Å². The molecule has 1 aliphatic rings. The number of benzene rings is 2. The zero-order chi connectivity index (χ0) is 21.3. The number of nitro groups is 1. The summed E-state index contributed by atoms with van der Waals surface area (Å²) in [4.78, 5) is 51.2. The zero-order valence-corrected chi connectivity index (χ0v) is 16.4. The van der Waals surface area contributed by atoms with E-state index in [4.69, 9.17) is 16.3 Å². The van der Waals surface area contributed by atoms with E-state index in [0.29, 0.717) is 10.6 Å². The summed E-state index contributed by atoms with van der Waals surface area (Å²) in [6.45, 7) is 0.415. The number of ether oxygens (including phenoxy) is 1. The number of halogens is 1. The van der Waals surface area contributed by atoms with E-state index in [1.165, 1.54) is 43.3 Å². The number of Topliss-reactive ketones (excluding diaryl/α,β-unsaturated/α-hetero) is 1. The standard InChI is InChI=1S/C20H17ClN2O6/c1-12(24)23-17-6-4-3-5-15(17)18(25)20(23,19(26)29-2)16(11-22(27)28)13-7-9-14(21)10-8-13/h3-10,16H,11H2,1-2H3/t16-,20+/m1/s1. The molecule has 2 aromatic carbocycles. The highest BCUT2D eigenvalue weighted by atomic mass is 35.5. The fourth-order valence-electron chi connectivity index (χ4n) is 3.89. The Kier molecular flexibility index (Phi) is 5.39. The summed E-state index contributed by atoms with van der Waals surface area (Å²) in [7, 11) is 1.07. The molecule has 1 heterocycles. The molecule has 0 spiro atoms. The molecular weight excluding hydrogens is 400 g/mol. The zero-order valence-electron chi connectivity index (χ0n) is 15.6. The van der Waals surface area contributed by atoms with Crippen molar-refractivity contribution < 1.29 is 24.0 Å². The molecule has 2 aromatic rings. The number of carbonyl (C=O) groups excluding carboxylic acids is 3. The predicted octanol–water partition coefficient (Wildman–Crippen LogP) is 2.86. The quantitative estimate of drug-likeness (QED) is 0.321. The normalized spacial score (nSPS) is 18.9. The van der Waals surface area contributed by atoms with Crippen LogP contribution in [0.2, 0.25) is 5.02 Å². The minimum absolute atomic E-state index is 0.121. The smallest absolute Gasteiger partial charge is 0.341 e. The number of anilines is 1. The number of nitrogens with zero attached hydrogens (tertiary/aromatic N) is 2. The monoisotopic (exact) mass is 416 g/mol. The third-order valence-electron chi connectivity index (χ3n) is 5.01. The molecule has 0 aromatic heterocycles. The Hall–Kier alpha value is -3.26. The minimum Gasteiger partial charge on any atom is -0.467 e. The molecule has 8 nitrogen and oxygen atoms in total.